The molecule has 1 unspecified atom stereocenters. The fourth-order valence-electron chi connectivity index (χ4n) is 2.32. The number of nitrogens with two attached hydrogens (primary N) is 1. The van der Waals surface area contributed by atoms with Crippen LogP contribution in [0.15, 0.2) is 0 Å². The van der Waals surface area contributed by atoms with E-state index in [4.69, 9.17) is 10.5 Å². The SMILES string of the molecule is COCC(CCCN)NCCN(C(C)C)C(C)C. The van der Waals surface area contributed by atoms with E-state index >= 15 is 0 Å². The molecule has 0 fully saturated rings. The lowest BCUT2D eigenvalue weighted by Crippen LogP contribution is -2.44. The fraction of sp³-hybridized carbons (Fsp3) is 1.00. The summed E-state index contributed by atoms with van der Waals surface area (Å²) in [5.41, 5.74) is 5.55. The summed E-state index contributed by atoms with van der Waals surface area (Å²) in [5.74, 6) is 0. The van der Waals surface area contributed by atoms with Crippen LogP contribution in [0.2, 0.25) is 0 Å². The summed E-state index contributed by atoms with van der Waals surface area (Å²) in [6, 6.07) is 1.62. The van der Waals surface area contributed by atoms with E-state index in [-0.39, 0.29) is 0 Å². The summed E-state index contributed by atoms with van der Waals surface area (Å²) in [6.45, 7) is 12.6. The first-order chi connectivity index (χ1) is 8.52. The predicted octanol–water partition coefficient (Wildman–Crippen LogP) is 1.45. The summed E-state index contributed by atoms with van der Waals surface area (Å²) >= 11 is 0. The molecule has 0 heterocycles. The van der Waals surface area contributed by atoms with E-state index in [9.17, 15) is 0 Å². The fourth-order valence-corrected chi connectivity index (χ4v) is 2.32. The van der Waals surface area contributed by atoms with E-state index in [1.54, 1.807) is 7.11 Å². The van der Waals surface area contributed by atoms with Gasteiger partial charge in [0.1, 0.15) is 0 Å². The Morgan fingerprint density at radius 2 is 1.78 bits per heavy atom. The van der Waals surface area contributed by atoms with Crippen molar-refractivity contribution in [2.45, 2.75) is 58.7 Å². The zero-order chi connectivity index (χ0) is 14.0. The molecule has 4 heteroatoms. The number of hydrogen-bond donors (Lipinski definition) is 2. The Hall–Kier alpha value is -0.160. The molecule has 0 aliphatic carbocycles. The molecule has 0 rings (SSSR count). The number of methoxy groups -OCH3 is 1. The molecule has 0 amide bonds. The number of nitrogens with zero attached hydrogens (tertiary/aromatic N) is 1. The Morgan fingerprint density at radius 3 is 2.22 bits per heavy atom. The number of hydrogen-bond acceptors (Lipinski definition) is 4. The van der Waals surface area contributed by atoms with Gasteiger partial charge in [0, 0.05) is 38.3 Å². The summed E-state index contributed by atoms with van der Waals surface area (Å²) in [6.07, 6.45) is 2.15. The van der Waals surface area contributed by atoms with E-state index < -0.39 is 0 Å². The second kappa shape index (κ2) is 10.7. The van der Waals surface area contributed by atoms with Crippen LogP contribution in [0.5, 0.6) is 0 Å². The lowest BCUT2D eigenvalue weighted by molar-refractivity contribution is 0.147. The molecule has 0 aromatic heterocycles. The summed E-state index contributed by atoms with van der Waals surface area (Å²) in [4.78, 5) is 2.50. The molecule has 0 saturated carbocycles. The minimum Gasteiger partial charge on any atom is -0.383 e. The first-order valence-electron chi connectivity index (χ1n) is 7.21. The van der Waals surface area contributed by atoms with Crippen LogP contribution in [0.3, 0.4) is 0 Å². The lowest BCUT2D eigenvalue weighted by atomic mass is 10.1. The van der Waals surface area contributed by atoms with Gasteiger partial charge in [-0.3, -0.25) is 4.90 Å². The van der Waals surface area contributed by atoms with Crippen molar-refractivity contribution in [3.8, 4) is 0 Å². The van der Waals surface area contributed by atoms with Crippen molar-refractivity contribution in [3.63, 3.8) is 0 Å². The Bertz CT molecular complexity index is 178. The minimum absolute atomic E-state index is 0.430. The highest BCUT2D eigenvalue weighted by Gasteiger charge is 2.13. The predicted molar refractivity (Wildman–Crippen MR) is 78.9 cm³/mol. The van der Waals surface area contributed by atoms with Crippen LogP contribution in [0.1, 0.15) is 40.5 Å². The molecule has 0 aliphatic heterocycles. The van der Waals surface area contributed by atoms with Crippen molar-refractivity contribution in [2.24, 2.45) is 5.73 Å². The third-order valence-corrected chi connectivity index (χ3v) is 3.25. The maximum Gasteiger partial charge on any atom is 0.0615 e. The number of rotatable bonds is 11. The topological polar surface area (TPSA) is 50.5 Å². The normalized spacial score (nSPS) is 13.8. The number of ether oxygens (including phenoxy) is 1. The van der Waals surface area contributed by atoms with Crippen LogP contribution in [0.25, 0.3) is 0 Å². The quantitative estimate of drug-likeness (QED) is 0.590. The minimum atomic E-state index is 0.430. The van der Waals surface area contributed by atoms with E-state index in [0.717, 1.165) is 39.1 Å². The van der Waals surface area contributed by atoms with Gasteiger partial charge in [-0.05, 0) is 47.1 Å². The Balaban J connectivity index is 3.94. The average Bonchev–Trinajstić information content (AvgIpc) is 2.30. The molecule has 0 radical (unpaired) electrons. The lowest BCUT2D eigenvalue weighted by Gasteiger charge is -2.31. The molecule has 4 nitrogen and oxygen atoms in total. The highest BCUT2D eigenvalue weighted by Crippen LogP contribution is 2.04. The van der Waals surface area contributed by atoms with Crippen molar-refractivity contribution in [2.75, 3.05) is 33.4 Å². The largest absolute Gasteiger partial charge is 0.383 e. The van der Waals surface area contributed by atoms with E-state index in [2.05, 4.69) is 37.9 Å². The Kier molecular flexibility index (Phi) is 10.6. The van der Waals surface area contributed by atoms with E-state index in [1.165, 1.54) is 0 Å². The van der Waals surface area contributed by atoms with Gasteiger partial charge in [-0.1, -0.05) is 0 Å². The average molecular weight is 259 g/mol. The van der Waals surface area contributed by atoms with Crippen LogP contribution >= 0.6 is 0 Å². The zero-order valence-electron chi connectivity index (χ0n) is 12.9. The molecule has 0 bridgehead atoms. The van der Waals surface area contributed by atoms with Gasteiger partial charge in [0.05, 0.1) is 6.61 Å². The highest BCUT2D eigenvalue weighted by molar-refractivity contribution is 4.71. The maximum atomic E-state index is 5.55. The molecule has 0 spiro atoms. The summed E-state index contributed by atoms with van der Waals surface area (Å²) < 4.78 is 5.24. The monoisotopic (exact) mass is 259 g/mol. The zero-order valence-corrected chi connectivity index (χ0v) is 12.9. The standard InChI is InChI=1S/C14H33N3O/c1-12(2)17(13(3)4)10-9-16-14(11-18-5)7-6-8-15/h12-14,16H,6-11,15H2,1-5H3. The first-order valence-corrected chi connectivity index (χ1v) is 7.21. The highest BCUT2D eigenvalue weighted by atomic mass is 16.5. The second-order valence-corrected chi connectivity index (χ2v) is 5.46. The number of nitrogens with one attached hydrogen (secondary N) is 1. The van der Waals surface area contributed by atoms with Crippen LogP contribution in [-0.4, -0.2) is 56.4 Å². The summed E-state index contributed by atoms with van der Waals surface area (Å²) in [5, 5.41) is 3.57. The molecule has 0 aromatic rings. The van der Waals surface area contributed by atoms with Crippen molar-refractivity contribution >= 4 is 0 Å². The van der Waals surface area contributed by atoms with E-state index in [1.807, 2.05) is 0 Å². The van der Waals surface area contributed by atoms with Gasteiger partial charge >= 0.3 is 0 Å². The van der Waals surface area contributed by atoms with Crippen LogP contribution < -0.4 is 11.1 Å². The molecule has 1 atom stereocenters. The molecule has 110 valence electrons. The molecule has 0 aromatic carbocycles. The Morgan fingerprint density at radius 1 is 1.17 bits per heavy atom. The molecular weight excluding hydrogens is 226 g/mol. The van der Waals surface area contributed by atoms with Crippen molar-refractivity contribution in [1.82, 2.24) is 10.2 Å². The molecule has 0 aliphatic rings. The van der Waals surface area contributed by atoms with Crippen molar-refractivity contribution in [3.05, 3.63) is 0 Å². The third-order valence-electron chi connectivity index (χ3n) is 3.25. The summed E-state index contributed by atoms with van der Waals surface area (Å²) in [7, 11) is 1.76. The van der Waals surface area contributed by atoms with Crippen LogP contribution in [0, 0.1) is 0 Å². The first kappa shape index (κ1) is 17.8. The van der Waals surface area contributed by atoms with Gasteiger partial charge in [0.15, 0.2) is 0 Å². The third kappa shape index (κ3) is 8.03. The second-order valence-electron chi connectivity index (χ2n) is 5.46. The maximum absolute atomic E-state index is 5.55. The van der Waals surface area contributed by atoms with Crippen molar-refractivity contribution < 1.29 is 4.74 Å². The molecular formula is C14H33N3O. The van der Waals surface area contributed by atoms with E-state index in [0.29, 0.717) is 18.1 Å². The van der Waals surface area contributed by atoms with Gasteiger partial charge in [0.25, 0.3) is 0 Å². The molecule has 3 N–H and O–H groups in total. The van der Waals surface area contributed by atoms with Gasteiger partial charge in [0.2, 0.25) is 0 Å². The van der Waals surface area contributed by atoms with Crippen molar-refractivity contribution in [1.29, 1.82) is 0 Å². The Labute approximate surface area is 113 Å². The van der Waals surface area contributed by atoms with Gasteiger partial charge in [-0.15, -0.1) is 0 Å². The van der Waals surface area contributed by atoms with Crippen LogP contribution in [-0.2, 0) is 4.74 Å². The molecule has 0 saturated heterocycles. The van der Waals surface area contributed by atoms with Gasteiger partial charge < -0.3 is 15.8 Å². The molecule has 18 heavy (non-hydrogen) atoms. The van der Waals surface area contributed by atoms with Gasteiger partial charge in [-0.25, -0.2) is 0 Å². The van der Waals surface area contributed by atoms with Crippen LogP contribution in [0.4, 0.5) is 0 Å². The van der Waals surface area contributed by atoms with Gasteiger partial charge in [-0.2, -0.15) is 0 Å². The smallest absolute Gasteiger partial charge is 0.0615 e.